The number of fused-ring (bicyclic) bond motifs is 1. The van der Waals surface area contributed by atoms with Gasteiger partial charge in [0.1, 0.15) is 12.2 Å². The molecule has 24 heavy (non-hydrogen) atoms. The van der Waals surface area contributed by atoms with Crippen LogP contribution in [0.2, 0.25) is 0 Å². The highest BCUT2D eigenvalue weighted by Crippen LogP contribution is 2.23. The van der Waals surface area contributed by atoms with Crippen LogP contribution in [0.4, 0.5) is 5.13 Å². The van der Waals surface area contributed by atoms with Gasteiger partial charge in [0.25, 0.3) is 0 Å². The second-order valence-electron chi connectivity index (χ2n) is 5.30. The zero-order valence-corrected chi connectivity index (χ0v) is 13.5. The van der Waals surface area contributed by atoms with Crippen LogP contribution in [-0.4, -0.2) is 20.4 Å². The summed E-state index contributed by atoms with van der Waals surface area (Å²) in [5, 5.41) is 6.45. The quantitative estimate of drug-likeness (QED) is 0.617. The number of anilines is 1. The summed E-state index contributed by atoms with van der Waals surface area (Å²) in [6.07, 6.45) is 3.65. The van der Waals surface area contributed by atoms with Crippen molar-refractivity contribution in [2.45, 2.75) is 6.54 Å². The number of hydrogen-bond acceptors (Lipinski definition) is 4. The Balaban J connectivity index is 1.48. The van der Waals surface area contributed by atoms with Crippen LogP contribution in [0.5, 0.6) is 0 Å². The molecule has 1 aromatic carbocycles. The highest BCUT2D eigenvalue weighted by Gasteiger charge is 2.10. The highest BCUT2D eigenvalue weighted by molar-refractivity contribution is 7.14. The van der Waals surface area contributed by atoms with E-state index in [1.807, 2.05) is 64.7 Å². The summed E-state index contributed by atoms with van der Waals surface area (Å²) in [5.41, 5.74) is 2.61. The molecule has 3 aromatic heterocycles. The van der Waals surface area contributed by atoms with Gasteiger partial charge < -0.3 is 9.88 Å². The van der Waals surface area contributed by atoms with Gasteiger partial charge in [-0.25, -0.2) is 4.98 Å². The van der Waals surface area contributed by atoms with Gasteiger partial charge >= 0.3 is 0 Å². The van der Waals surface area contributed by atoms with Crippen molar-refractivity contribution >= 4 is 33.3 Å². The van der Waals surface area contributed by atoms with E-state index in [0.717, 1.165) is 22.3 Å². The molecule has 1 N–H and O–H groups in total. The summed E-state index contributed by atoms with van der Waals surface area (Å²) in [6.45, 7) is 0.256. The Kier molecular flexibility index (Phi) is 3.80. The maximum absolute atomic E-state index is 12.3. The van der Waals surface area contributed by atoms with Crippen LogP contribution in [0.1, 0.15) is 0 Å². The van der Waals surface area contributed by atoms with Gasteiger partial charge in [0, 0.05) is 23.3 Å². The molecule has 0 aliphatic rings. The molecule has 0 bridgehead atoms. The highest BCUT2D eigenvalue weighted by atomic mass is 32.1. The molecule has 0 saturated carbocycles. The lowest BCUT2D eigenvalue weighted by Crippen LogP contribution is -2.18. The van der Waals surface area contributed by atoms with E-state index in [4.69, 9.17) is 0 Å². The fraction of sp³-hybridized carbons (Fsp3) is 0.0556. The Morgan fingerprint density at radius 1 is 1.08 bits per heavy atom. The molecule has 4 aromatic rings. The molecular weight excluding hydrogens is 320 g/mol. The second kappa shape index (κ2) is 6.25. The standard InChI is InChI=1S/C18H14N4OS/c23-17(11-22-10-8-13-5-1-2-7-16(13)22)21-18-20-15(12-24-18)14-6-3-4-9-19-14/h1-10,12H,11H2,(H,20,21,23). The molecule has 0 aliphatic heterocycles. The first-order valence-electron chi connectivity index (χ1n) is 7.50. The number of benzene rings is 1. The third-order valence-corrected chi connectivity index (χ3v) is 4.43. The zero-order chi connectivity index (χ0) is 16.4. The molecule has 0 radical (unpaired) electrons. The molecule has 0 fully saturated rings. The Hall–Kier alpha value is -2.99. The molecule has 6 heteroatoms. The minimum Gasteiger partial charge on any atom is -0.338 e. The number of nitrogens with zero attached hydrogens (tertiary/aromatic N) is 3. The van der Waals surface area contributed by atoms with Crippen molar-refractivity contribution in [3.63, 3.8) is 0 Å². The van der Waals surface area contributed by atoms with Crippen molar-refractivity contribution in [2.24, 2.45) is 0 Å². The third kappa shape index (κ3) is 2.91. The number of hydrogen-bond donors (Lipinski definition) is 1. The summed E-state index contributed by atoms with van der Waals surface area (Å²) >= 11 is 1.40. The summed E-state index contributed by atoms with van der Waals surface area (Å²) in [4.78, 5) is 21.0. The maximum Gasteiger partial charge on any atom is 0.246 e. The topological polar surface area (TPSA) is 59.8 Å². The molecule has 0 atom stereocenters. The van der Waals surface area contributed by atoms with Crippen molar-refractivity contribution in [3.8, 4) is 11.4 Å². The number of aromatic nitrogens is 3. The third-order valence-electron chi connectivity index (χ3n) is 3.67. The number of rotatable bonds is 4. The van der Waals surface area contributed by atoms with Crippen LogP contribution in [0.15, 0.2) is 66.3 Å². The smallest absolute Gasteiger partial charge is 0.246 e. The van der Waals surface area contributed by atoms with E-state index in [0.29, 0.717) is 5.13 Å². The van der Waals surface area contributed by atoms with E-state index < -0.39 is 0 Å². The van der Waals surface area contributed by atoms with Gasteiger partial charge in [0.2, 0.25) is 5.91 Å². The first-order chi connectivity index (χ1) is 11.8. The van der Waals surface area contributed by atoms with Crippen LogP contribution < -0.4 is 5.32 Å². The van der Waals surface area contributed by atoms with E-state index in [1.54, 1.807) is 6.20 Å². The van der Waals surface area contributed by atoms with Crippen LogP contribution in [0.3, 0.4) is 0 Å². The monoisotopic (exact) mass is 334 g/mol. The molecule has 0 aliphatic carbocycles. The Labute approximate surface area is 142 Å². The first-order valence-corrected chi connectivity index (χ1v) is 8.38. The summed E-state index contributed by atoms with van der Waals surface area (Å²) < 4.78 is 1.93. The predicted octanol–water partition coefficient (Wildman–Crippen LogP) is 3.80. The molecule has 4 rings (SSSR count). The van der Waals surface area contributed by atoms with E-state index in [2.05, 4.69) is 15.3 Å². The van der Waals surface area contributed by atoms with E-state index in [-0.39, 0.29) is 12.5 Å². The Bertz CT molecular complexity index is 990. The average molecular weight is 334 g/mol. The lowest BCUT2D eigenvalue weighted by molar-refractivity contribution is -0.116. The molecule has 118 valence electrons. The van der Waals surface area contributed by atoms with Gasteiger partial charge in [-0.3, -0.25) is 9.78 Å². The number of amides is 1. The number of nitrogens with one attached hydrogen (secondary N) is 1. The zero-order valence-electron chi connectivity index (χ0n) is 12.7. The molecule has 0 saturated heterocycles. The van der Waals surface area contributed by atoms with Gasteiger partial charge in [0.05, 0.1) is 5.69 Å². The molecule has 0 unspecified atom stereocenters. The summed E-state index contributed by atoms with van der Waals surface area (Å²) in [6, 6.07) is 15.7. The molecular formula is C18H14N4OS. The molecule has 5 nitrogen and oxygen atoms in total. The Morgan fingerprint density at radius 2 is 1.96 bits per heavy atom. The average Bonchev–Trinajstić information content (AvgIpc) is 3.23. The number of thiazole rings is 1. The predicted molar refractivity (Wildman–Crippen MR) is 95.9 cm³/mol. The van der Waals surface area contributed by atoms with Crippen LogP contribution in [0.25, 0.3) is 22.3 Å². The van der Waals surface area contributed by atoms with Crippen molar-refractivity contribution in [3.05, 3.63) is 66.3 Å². The second-order valence-corrected chi connectivity index (χ2v) is 6.16. The minimum absolute atomic E-state index is 0.0988. The lowest BCUT2D eigenvalue weighted by Gasteiger charge is -2.05. The number of carbonyl (C=O) groups is 1. The summed E-state index contributed by atoms with van der Waals surface area (Å²) in [7, 11) is 0. The molecule has 1 amide bonds. The first kappa shape index (κ1) is 14.6. The SMILES string of the molecule is O=C(Cn1ccc2ccccc21)Nc1nc(-c2ccccn2)cs1. The van der Waals surface area contributed by atoms with E-state index in [1.165, 1.54) is 11.3 Å². The maximum atomic E-state index is 12.3. The summed E-state index contributed by atoms with van der Waals surface area (Å²) in [5.74, 6) is -0.0988. The van der Waals surface area contributed by atoms with Crippen molar-refractivity contribution in [1.82, 2.24) is 14.5 Å². The van der Waals surface area contributed by atoms with Crippen LogP contribution >= 0.6 is 11.3 Å². The lowest BCUT2D eigenvalue weighted by atomic mass is 10.2. The van der Waals surface area contributed by atoms with Gasteiger partial charge in [-0.1, -0.05) is 24.3 Å². The van der Waals surface area contributed by atoms with E-state index >= 15 is 0 Å². The van der Waals surface area contributed by atoms with Gasteiger partial charge in [-0.15, -0.1) is 11.3 Å². The molecule has 0 spiro atoms. The Morgan fingerprint density at radius 3 is 2.83 bits per heavy atom. The van der Waals surface area contributed by atoms with Crippen molar-refractivity contribution in [1.29, 1.82) is 0 Å². The van der Waals surface area contributed by atoms with Crippen molar-refractivity contribution < 1.29 is 4.79 Å². The minimum atomic E-state index is -0.0988. The number of carbonyl (C=O) groups excluding carboxylic acids is 1. The number of pyridine rings is 1. The normalized spacial score (nSPS) is 10.8. The fourth-order valence-corrected chi connectivity index (χ4v) is 3.28. The largest absolute Gasteiger partial charge is 0.338 e. The van der Waals surface area contributed by atoms with Gasteiger partial charge in [-0.2, -0.15) is 0 Å². The number of para-hydroxylation sites is 1. The fourth-order valence-electron chi connectivity index (χ4n) is 2.56. The van der Waals surface area contributed by atoms with Crippen LogP contribution in [-0.2, 0) is 11.3 Å². The van der Waals surface area contributed by atoms with Crippen LogP contribution in [0, 0.1) is 0 Å². The van der Waals surface area contributed by atoms with Crippen molar-refractivity contribution in [2.75, 3.05) is 5.32 Å². The van der Waals surface area contributed by atoms with Gasteiger partial charge in [0.15, 0.2) is 5.13 Å². The molecule has 3 heterocycles. The van der Waals surface area contributed by atoms with E-state index in [9.17, 15) is 4.79 Å². The van der Waals surface area contributed by atoms with Gasteiger partial charge in [-0.05, 0) is 29.7 Å².